The lowest BCUT2D eigenvalue weighted by atomic mass is 10.3. The molecule has 1 saturated heterocycles. The summed E-state index contributed by atoms with van der Waals surface area (Å²) in [6.07, 6.45) is 0. The highest BCUT2D eigenvalue weighted by molar-refractivity contribution is 5.90. The van der Waals surface area contributed by atoms with Crippen molar-refractivity contribution in [2.45, 2.75) is 0 Å². The molecule has 1 aliphatic heterocycles. The zero-order valence-corrected chi connectivity index (χ0v) is 12.7. The Bertz CT molecular complexity index is 703. The minimum absolute atomic E-state index is 0.0147. The smallest absolute Gasteiger partial charge is 0.348 e. The zero-order valence-electron chi connectivity index (χ0n) is 12.7. The van der Waals surface area contributed by atoms with Crippen molar-refractivity contribution in [1.29, 1.82) is 0 Å². The van der Waals surface area contributed by atoms with Gasteiger partial charge in [0.1, 0.15) is 0 Å². The molecule has 1 aromatic heterocycles. The Morgan fingerprint density at radius 2 is 2.00 bits per heavy atom. The van der Waals surface area contributed by atoms with Crippen LogP contribution < -0.4 is 11.0 Å². The normalized spacial score (nSPS) is 15.5. The third-order valence-corrected chi connectivity index (χ3v) is 3.65. The molecule has 8 nitrogen and oxygen atoms in total. The third kappa shape index (κ3) is 3.85. The maximum absolute atomic E-state index is 12.1. The lowest BCUT2D eigenvalue weighted by Crippen LogP contribution is -2.41. The molecule has 3 rings (SSSR count). The molecule has 1 aromatic carbocycles. The molecule has 0 atom stereocenters. The van der Waals surface area contributed by atoms with Crippen LogP contribution in [-0.2, 0) is 4.74 Å². The molecule has 0 bridgehead atoms. The first-order valence-electron chi connectivity index (χ1n) is 7.57. The number of nitrogens with zero attached hydrogens (tertiary/aromatic N) is 3. The van der Waals surface area contributed by atoms with Crippen molar-refractivity contribution in [3.63, 3.8) is 0 Å². The molecule has 8 heteroatoms. The highest BCUT2D eigenvalue weighted by Gasteiger charge is 2.15. The fourth-order valence-corrected chi connectivity index (χ4v) is 2.41. The Kier molecular flexibility index (Phi) is 4.84. The summed E-state index contributed by atoms with van der Waals surface area (Å²) in [5.74, 6) is -0.370. The van der Waals surface area contributed by atoms with Crippen LogP contribution in [0.2, 0.25) is 0 Å². The quantitative estimate of drug-likeness (QED) is 0.784. The van der Waals surface area contributed by atoms with Crippen LogP contribution in [0.1, 0.15) is 10.6 Å². The van der Waals surface area contributed by atoms with Crippen LogP contribution in [0.5, 0.6) is 0 Å². The molecule has 2 N–H and O–H groups in total. The largest absolute Gasteiger partial charge is 0.379 e. The molecule has 0 spiro atoms. The Labute approximate surface area is 133 Å². The van der Waals surface area contributed by atoms with Crippen LogP contribution in [0.4, 0.5) is 0 Å². The second kappa shape index (κ2) is 7.21. The highest BCUT2D eigenvalue weighted by atomic mass is 16.5. The maximum Gasteiger partial charge on any atom is 0.348 e. The summed E-state index contributed by atoms with van der Waals surface area (Å²) in [6.45, 7) is 4.44. The van der Waals surface area contributed by atoms with Gasteiger partial charge in [0.2, 0.25) is 5.82 Å². The molecule has 1 fully saturated rings. The lowest BCUT2D eigenvalue weighted by molar-refractivity contribution is 0.0383. The van der Waals surface area contributed by atoms with Crippen molar-refractivity contribution in [3.05, 3.63) is 46.6 Å². The summed E-state index contributed by atoms with van der Waals surface area (Å²) in [7, 11) is 0. The second-order valence-corrected chi connectivity index (χ2v) is 5.24. The topological polar surface area (TPSA) is 92.2 Å². The molecule has 0 saturated carbocycles. The van der Waals surface area contributed by atoms with Crippen LogP contribution in [0, 0.1) is 0 Å². The maximum atomic E-state index is 12.1. The van der Waals surface area contributed by atoms with Gasteiger partial charge in [-0.2, -0.15) is 4.68 Å². The summed E-state index contributed by atoms with van der Waals surface area (Å²) < 4.78 is 6.45. The third-order valence-electron chi connectivity index (χ3n) is 3.65. The van der Waals surface area contributed by atoms with Crippen LogP contribution in [0.25, 0.3) is 5.69 Å². The van der Waals surface area contributed by atoms with Crippen LogP contribution in [0.3, 0.4) is 0 Å². The lowest BCUT2D eigenvalue weighted by Gasteiger charge is -2.26. The first kappa shape index (κ1) is 15.4. The predicted molar refractivity (Wildman–Crippen MR) is 83.8 cm³/mol. The monoisotopic (exact) mass is 317 g/mol. The van der Waals surface area contributed by atoms with Crippen molar-refractivity contribution in [3.8, 4) is 5.69 Å². The van der Waals surface area contributed by atoms with Gasteiger partial charge in [-0.3, -0.25) is 14.7 Å². The van der Waals surface area contributed by atoms with E-state index < -0.39 is 5.69 Å². The fourth-order valence-electron chi connectivity index (χ4n) is 2.41. The van der Waals surface area contributed by atoms with Crippen LogP contribution in [-0.4, -0.2) is 65.0 Å². The van der Waals surface area contributed by atoms with E-state index in [0.29, 0.717) is 12.2 Å². The van der Waals surface area contributed by atoms with Gasteiger partial charge in [0.25, 0.3) is 5.91 Å². The van der Waals surface area contributed by atoms with Gasteiger partial charge in [0, 0.05) is 26.2 Å². The van der Waals surface area contributed by atoms with Gasteiger partial charge in [0.15, 0.2) is 0 Å². The van der Waals surface area contributed by atoms with Gasteiger partial charge in [-0.05, 0) is 12.1 Å². The average Bonchev–Trinajstić information content (AvgIpc) is 2.98. The first-order valence-corrected chi connectivity index (χ1v) is 7.57. The minimum Gasteiger partial charge on any atom is -0.379 e. The van der Waals surface area contributed by atoms with Gasteiger partial charge < -0.3 is 10.1 Å². The number of benzene rings is 1. The molecule has 0 aliphatic carbocycles. The Hall–Kier alpha value is -2.45. The van der Waals surface area contributed by atoms with Crippen LogP contribution in [0.15, 0.2) is 35.1 Å². The number of nitrogens with one attached hydrogen (secondary N) is 2. The number of amides is 1. The molecule has 2 heterocycles. The van der Waals surface area contributed by atoms with Crippen molar-refractivity contribution >= 4 is 5.91 Å². The molecule has 1 aliphatic rings. The second-order valence-electron chi connectivity index (χ2n) is 5.24. The van der Waals surface area contributed by atoms with Gasteiger partial charge in [-0.1, -0.05) is 18.2 Å². The molecule has 1 amide bonds. The van der Waals surface area contributed by atoms with E-state index in [4.69, 9.17) is 4.74 Å². The molecule has 0 unspecified atom stereocenters. The number of hydrogen-bond donors (Lipinski definition) is 2. The number of carbonyl (C=O) groups excluding carboxylic acids is 1. The van der Waals surface area contributed by atoms with Gasteiger partial charge in [0.05, 0.1) is 18.9 Å². The standard InChI is InChI=1S/C15H19N5O3/c21-14(16-6-7-19-8-10-23-11-9-19)13-17-15(22)20(18-13)12-4-2-1-3-5-12/h1-5H,6-11H2,(H,16,21)(H,17,18,22). The minimum atomic E-state index is -0.436. The number of carbonyl (C=O) groups is 1. The van der Waals surface area contributed by atoms with E-state index >= 15 is 0 Å². The number of hydrogen-bond acceptors (Lipinski definition) is 5. The van der Waals surface area contributed by atoms with E-state index in [1.807, 2.05) is 6.07 Å². The van der Waals surface area contributed by atoms with Gasteiger partial charge in [-0.15, -0.1) is 5.10 Å². The summed E-state index contributed by atoms with van der Waals surface area (Å²) in [6, 6.07) is 8.96. The van der Waals surface area contributed by atoms with E-state index in [-0.39, 0.29) is 11.7 Å². The summed E-state index contributed by atoms with van der Waals surface area (Å²) >= 11 is 0. The molecular formula is C15H19N5O3. The number of para-hydroxylation sites is 1. The zero-order chi connectivity index (χ0) is 16.1. The number of aromatic nitrogens is 3. The highest BCUT2D eigenvalue weighted by Crippen LogP contribution is 2.02. The average molecular weight is 317 g/mol. The molecular weight excluding hydrogens is 298 g/mol. The Balaban J connectivity index is 1.58. The SMILES string of the molecule is O=C(NCCN1CCOCC1)c1nn(-c2ccccc2)c(=O)[nH]1. The number of morpholine rings is 1. The van der Waals surface area contributed by atoms with Gasteiger partial charge >= 0.3 is 5.69 Å². The van der Waals surface area contributed by atoms with E-state index in [2.05, 4.69) is 20.3 Å². The number of aromatic amines is 1. The number of H-pyrrole nitrogens is 1. The summed E-state index contributed by atoms with van der Waals surface area (Å²) in [4.78, 5) is 28.7. The fraction of sp³-hybridized carbons (Fsp3) is 0.400. The van der Waals surface area contributed by atoms with E-state index in [1.165, 1.54) is 4.68 Å². The molecule has 23 heavy (non-hydrogen) atoms. The number of rotatable bonds is 5. The molecule has 122 valence electrons. The van der Waals surface area contributed by atoms with E-state index in [1.54, 1.807) is 24.3 Å². The summed E-state index contributed by atoms with van der Waals surface area (Å²) in [5.41, 5.74) is 0.177. The molecule has 0 radical (unpaired) electrons. The van der Waals surface area contributed by atoms with Crippen molar-refractivity contribution in [1.82, 2.24) is 25.0 Å². The van der Waals surface area contributed by atoms with Crippen molar-refractivity contribution in [2.24, 2.45) is 0 Å². The predicted octanol–water partition coefficient (Wildman–Crippen LogP) is -0.377. The number of ether oxygens (including phenoxy) is 1. The van der Waals surface area contributed by atoms with Crippen molar-refractivity contribution < 1.29 is 9.53 Å². The van der Waals surface area contributed by atoms with E-state index in [0.717, 1.165) is 32.8 Å². The molecule has 2 aromatic rings. The summed E-state index contributed by atoms with van der Waals surface area (Å²) in [5, 5.41) is 6.82. The Morgan fingerprint density at radius 1 is 1.26 bits per heavy atom. The van der Waals surface area contributed by atoms with Crippen molar-refractivity contribution in [2.75, 3.05) is 39.4 Å². The van der Waals surface area contributed by atoms with E-state index in [9.17, 15) is 9.59 Å². The first-order chi connectivity index (χ1) is 11.2. The van der Waals surface area contributed by atoms with Gasteiger partial charge in [-0.25, -0.2) is 4.79 Å². The van der Waals surface area contributed by atoms with Crippen LogP contribution >= 0.6 is 0 Å². The Morgan fingerprint density at radius 3 is 2.74 bits per heavy atom.